The molecule has 88 valence electrons. The first kappa shape index (κ1) is 13.3. The molecule has 1 aromatic heterocycles. The van der Waals surface area contributed by atoms with E-state index in [0.717, 1.165) is 0 Å². The summed E-state index contributed by atoms with van der Waals surface area (Å²) >= 11 is 8.69. The van der Waals surface area contributed by atoms with E-state index in [0.29, 0.717) is 0 Å². The third-order valence-electron chi connectivity index (χ3n) is 1.93. The molecule has 0 aliphatic carbocycles. The number of carbonyl (C=O) groups is 1. The van der Waals surface area contributed by atoms with E-state index in [1.807, 2.05) is 0 Å². The molecule has 0 saturated heterocycles. The Bertz CT molecular complexity index is 415. The molecular weight excluding hydrogens is 307 g/mol. The summed E-state index contributed by atoms with van der Waals surface area (Å²) in [4.78, 5) is 14.3. The fraction of sp³-hybridized carbons (Fsp3) is 0.333. The van der Waals surface area contributed by atoms with Gasteiger partial charge in [-0.1, -0.05) is 27.5 Å². The lowest BCUT2D eigenvalue weighted by Crippen LogP contribution is -2.08. The number of rotatable bonds is 4. The number of carboxylic acid groups (broad SMARTS) is 1. The van der Waals surface area contributed by atoms with E-state index in [1.165, 1.54) is 6.20 Å². The number of hydrogen-bond donors (Lipinski definition) is 1. The molecule has 0 amide bonds. The predicted molar refractivity (Wildman–Crippen MR) is 58.2 cm³/mol. The summed E-state index contributed by atoms with van der Waals surface area (Å²) in [6.07, 6.45) is -2.16. The average Bonchev–Trinajstić information content (AvgIpc) is 2.19. The Morgan fingerprint density at radius 3 is 2.69 bits per heavy atom. The molecule has 3 nitrogen and oxygen atoms in total. The van der Waals surface area contributed by atoms with Crippen molar-refractivity contribution in [1.29, 1.82) is 0 Å². The summed E-state index contributed by atoms with van der Waals surface area (Å²) in [7, 11) is 0. The zero-order valence-corrected chi connectivity index (χ0v) is 10.2. The summed E-state index contributed by atoms with van der Waals surface area (Å²) in [6, 6.07) is 0. The minimum absolute atomic E-state index is 0.0533. The van der Waals surface area contributed by atoms with Gasteiger partial charge in [-0.15, -0.1) is 0 Å². The van der Waals surface area contributed by atoms with Crippen LogP contribution in [-0.4, -0.2) is 16.1 Å². The van der Waals surface area contributed by atoms with Crippen LogP contribution in [0.5, 0.6) is 0 Å². The second kappa shape index (κ2) is 5.54. The summed E-state index contributed by atoms with van der Waals surface area (Å²) in [6.45, 7) is 0. The van der Waals surface area contributed by atoms with Gasteiger partial charge in [0.1, 0.15) is 0 Å². The van der Waals surface area contributed by atoms with Crippen LogP contribution in [0.4, 0.5) is 8.78 Å². The van der Waals surface area contributed by atoms with Crippen LogP contribution >= 0.6 is 27.5 Å². The highest BCUT2D eigenvalue weighted by molar-refractivity contribution is 9.08. The molecule has 7 heteroatoms. The van der Waals surface area contributed by atoms with Crippen molar-refractivity contribution in [2.24, 2.45) is 0 Å². The van der Waals surface area contributed by atoms with E-state index in [4.69, 9.17) is 16.7 Å². The molecule has 1 rings (SSSR count). The summed E-state index contributed by atoms with van der Waals surface area (Å²) in [5.41, 5.74) is -0.365. The van der Waals surface area contributed by atoms with Crippen molar-refractivity contribution in [3.8, 4) is 0 Å². The number of alkyl halides is 3. The normalized spacial score (nSPS) is 10.8. The molecule has 0 aliphatic rings. The molecule has 0 fully saturated rings. The van der Waals surface area contributed by atoms with E-state index >= 15 is 0 Å². The quantitative estimate of drug-likeness (QED) is 0.868. The van der Waals surface area contributed by atoms with Crippen LogP contribution in [0.15, 0.2) is 6.20 Å². The van der Waals surface area contributed by atoms with Crippen molar-refractivity contribution >= 4 is 33.5 Å². The Morgan fingerprint density at radius 2 is 2.25 bits per heavy atom. The second-order valence-electron chi connectivity index (χ2n) is 2.95. The SMILES string of the molecule is O=C(O)Cc1c(Cl)cnc(CBr)c1C(F)F. The number of halogens is 4. The molecule has 16 heavy (non-hydrogen) atoms. The molecule has 1 N–H and O–H groups in total. The molecule has 0 radical (unpaired) electrons. The van der Waals surface area contributed by atoms with Crippen molar-refractivity contribution in [1.82, 2.24) is 4.98 Å². The maximum atomic E-state index is 12.8. The molecule has 0 atom stereocenters. The van der Waals surface area contributed by atoms with Crippen LogP contribution in [0, 0.1) is 0 Å². The van der Waals surface area contributed by atoms with Gasteiger partial charge in [-0.25, -0.2) is 8.78 Å². The summed E-state index contributed by atoms with van der Waals surface area (Å²) in [5, 5.41) is 8.69. The predicted octanol–water partition coefficient (Wildman–Crippen LogP) is 3.19. The fourth-order valence-corrected chi connectivity index (χ4v) is 1.94. The molecule has 0 saturated carbocycles. The molecule has 1 aromatic rings. The third-order valence-corrected chi connectivity index (χ3v) is 2.79. The maximum absolute atomic E-state index is 12.8. The first-order valence-electron chi connectivity index (χ1n) is 4.19. The number of carboxylic acids is 1. The zero-order valence-electron chi connectivity index (χ0n) is 7.88. The van der Waals surface area contributed by atoms with Gasteiger partial charge in [0.25, 0.3) is 6.43 Å². The first-order valence-corrected chi connectivity index (χ1v) is 5.69. The number of pyridine rings is 1. The highest BCUT2D eigenvalue weighted by Crippen LogP contribution is 2.31. The van der Waals surface area contributed by atoms with E-state index in [1.54, 1.807) is 0 Å². The second-order valence-corrected chi connectivity index (χ2v) is 3.92. The highest BCUT2D eigenvalue weighted by atomic mass is 79.9. The standard InChI is InChI=1S/C9H7BrClF2NO2/c10-2-6-8(9(12)13)4(1-7(15)16)5(11)3-14-6/h3,9H,1-2H2,(H,15,16). The molecule has 0 unspecified atom stereocenters. The van der Waals surface area contributed by atoms with Gasteiger partial charge < -0.3 is 5.11 Å². The van der Waals surface area contributed by atoms with E-state index in [2.05, 4.69) is 20.9 Å². The monoisotopic (exact) mass is 313 g/mol. The van der Waals surface area contributed by atoms with Crippen molar-refractivity contribution in [2.45, 2.75) is 18.2 Å². The number of nitrogens with zero attached hydrogens (tertiary/aromatic N) is 1. The lowest BCUT2D eigenvalue weighted by molar-refractivity contribution is -0.136. The van der Waals surface area contributed by atoms with E-state index in [9.17, 15) is 13.6 Å². The van der Waals surface area contributed by atoms with Crippen LogP contribution in [0.25, 0.3) is 0 Å². The molecule has 1 heterocycles. The van der Waals surface area contributed by atoms with Crippen LogP contribution in [0.1, 0.15) is 23.2 Å². The van der Waals surface area contributed by atoms with Crippen molar-refractivity contribution < 1.29 is 18.7 Å². The van der Waals surface area contributed by atoms with Crippen molar-refractivity contribution in [2.75, 3.05) is 0 Å². The van der Waals surface area contributed by atoms with Crippen molar-refractivity contribution in [3.05, 3.63) is 28.0 Å². The van der Waals surface area contributed by atoms with E-state index < -0.39 is 24.4 Å². The van der Waals surface area contributed by atoms with Crippen LogP contribution in [-0.2, 0) is 16.5 Å². The van der Waals surface area contributed by atoms with Gasteiger partial charge in [0.15, 0.2) is 0 Å². The fourth-order valence-electron chi connectivity index (χ4n) is 1.28. The molecule has 0 aliphatic heterocycles. The number of aliphatic carboxylic acids is 1. The van der Waals surface area contributed by atoms with E-state index in [-0.39, 0.29) is 21.6 Å². The smallest absolute Gasteiger partial charge is 0.307 e. The Labute approximate surface area is 104 Å². The van der Waals surface area contributed by atoms with Gasteiger partial charge in [0.2, 0.25) is 0 Å². The van der Waals surface area contributed by atoms with Gasteiger partial charge in [-0.3, -0.25) is 9.78 Å². The Kier molecular flexibility index (Phi) is 4.61. The number of hydrogen-bond acceptors (Lipinski definition) is 2. The minimum Gasteiger partial charge on any atom is -0.481 e. The lowest BCUT2D eigenvalue weighted by Gasteiger charge is -2.12. The zero-order chi connectivity index (χ0) is 12.3. The molecular formula is C9H7BrClF2NO2. The summed E-state index contributed by atoms with van der Waals surface area (Å²) < 4.78 is 25.6. The minimum atomic E-state index is -2.80. The van der Waals surface area contributed by atoms with Gasteiger partial charge in [-0.05, 0) is 5.56 Å². The van der Waals surface area contributed by atoms with Crippen molar-refractivity contribution in [3.63, 3.8) is 0 Å². The lowest BCUT2D eigenvalue weighted by atomic mass is 10.0. The molecule has 0 bridgehead atoms. The third kappa shape index (κ3) is 2.89. The van der Waals surface area contributed by atoms with Gasteiger partial charge >= 0.3 is 5.97 Å². The number of aromatic nitrogens is 1. The van der Waals surface area contributed by atoms with Gasteiger partial charge in [0, 0.05) is 17.1 Å². The highest BCUT2D eigenvalue weighted by Gasteiger charge is 2.22. The van der Waals surface area contributed by atoms with Crippen LogP contribution in [0.3, 0.4) is 0 Å². The Balaban J connectivity index is 3.35. The first-order chi connectivity index (χ1) is 7.47. The van der Waals surface area contributed by atoms with Gasteiger partial charge in [0.05, 0.1) is 17.1 Å². The van der Waals surface area contributed by atoms with Crippen LogP contribution < -0.4 is 0 Å². The Morgan fingerprint density at radius 1 is 1.62 bits per heavy atom. The molecule has 0 aromatic carbocycles. The Hall–Kier alpha value is -0.750. The maximum Gasteiger partial charge on any atom is 0.307 e. The summed E-state index contributed by atoms with van der Waals surface area (Å²) in [5.74, 6) is -1.21. The largest absolute Gasteiger partial charge is 0.481 e. The molecule has 0 spiro atoms. The average molecular weight is 315 g/mol. The topological polar surface area (TPSA) is 50.2 Å². The van der Waals surface area contributed by atoms with Gasteiger partial charge in [-0.2, -0.15) is 0 Å². The van der Waals surface area contributed by atoms with Crippen LogP contribution in [0.2, 0.25) is 5.02 Å².